The van der Waals surface area contributed by atoms with Crippen molar-refractivity contribution in [1.82, 2.24) is 15.0 Å². The molecule has 5 unspecified atom stereocenters. The number of carbonyl (C=O) groups is 2. The zero-order valence-corrected chi connectivity index (χ0v) is 31.3. The van der Waals surface area contributed by atoms with Gasteiger partial charge in [-0.2, -0.15) is 0 Å². The first-order valence-electron chi connectivity index (χ1n) is 18.3. The number of esters is 1. The number of rotatable bonds is 10. The van der Waals surface area contributed by atoms with Crippen LogP contribution in [-0.2, 0) is 39.8 Å². The normalized spacial score (nSPS) is 33.3. The highest BCUT2D eigenvalue weighted by Gasteiger charge is 2.45. The molecule has 10 atom stereocenters. The molecule has 282 valence electrons. The molecule has 3 heterocycles. The Morgan fingerprint density at radius 2 is 1.84 bits per heavy atom. The molecule has 3 N–H and O–H groups in total. The van der Waals surface area contributed by atoms with Crippen LogP contribution in [0.15, 0.2) is 54.3 Å². The number of anilines is 1. The van der Waals surface area contributed by atoms with Crippen molar-refractivity contribution in [2.24, 2.45) is 23.7 Å². The summed E-state index contributed by atoms with van der Waals surface area (Å²) in [5.74, 6) is -0.187. The molecule has 0 saturated carbocycles. The van der Waals surface area contributed by atoms with E-state index in [1.165, 1.54) is 14.2 Å². The second-order valence-electron chi connectivity index (χ2n) is 14.3. The minimum atomic E-state index is -0.876. The number of ether oxygens (including phenoxy) is 5. The van der Waals surface area contributed by atoms with Crippen LogP contribution in [0.5, 0.6) is 0 Å². The molecule has 4 rings (SSSR count). The number of aromatic nitrogens is 3. The van der Waals surface area contributed by atoms with E-state index in [-0.39, 0.29) is 42.0 Å². The number of hydrogen-bond donors (Lipinski definition) is 2. The number of nitrogen functional groups attached to an aromatic ring is 1. The number of nitrogens with two attached hydrogens (primary N) is 1. The van der Waals surface area contributed by atoms with E-state index in [0.717, 1.165) is 36.1 Å². The van der Waals surface area contributed by atoms with Crippen molar-refractivity contribution < 1.29 is 38.4 Å². The summed E-state index contributed by atoms with van der Waals surface area (Å²) in [7, 11) is 3.04. The topological polar surface area (TPSA) is 157 Å². The summed E-state index contributed by atoms with van der Waals surface area (Å²) in [6.07, 6.45) is 7.39. The molecule has 1 aromatic heterocycles. The van der Waals surface area contributed by atoms with Crippen LogP contribution in [0.25, 0.3) is 11.3 Å². The Balaban J connectivity index is 1.48. The van der Waals surface area contributed by atoms with E-state index in [1.807, 2.05) is 68.1 Å². The Morgan fingerprint density at radius 3 is 2.55 bits per heavy atom. The van der Waals surface area contributed by atoms with Crippen molar-refractivity contribution in [3.05, 3.63) is 54.3 Å². The number of aryl methyl sites for hydroxylation is 1. The van der Waals surface area contributed by atoms with E-state index in [4.69, 9.17) is 29.4 Å². The summed E-state index contributed by atoms with van der Waals surface area (Å²) in [4.78, 5) is 26.6. The second-order valence-corrected chi connectivity index (χ2v) is 14.3. The van der Waals surface area contributed by atoms with Gasteiger partial charge in [0.1, 0.15) is 30.1 Å². The highest BCUT2D eigenvalue weighted by Crippen LogP contribution is 2.30. The SMILES string of the molecule is CC[C@H]1OC(=O)CC[C@H](C)C[C@@H](CCn2cc(-c3cccc(N)c3)nn2)C[C@@H](C)C(=O)/C=C/C(C)=C/[C@@H]1COC1OC(C)C(O)C(OC)C1OC. The lowest BCUT2D eigenvalue weighted by molar-refractivity contribution is -0.304. The van der Waals surface area contributed by atoms with Gasteiger partial charge in [0, 0.05) is 50.3 Å². The van der Waals surface area contributed by atoms with Gasteiger partial charge in [-0.05, 0) is 76.0 Å². The number of nitrogens with zero attached hydrogens (tertiary/aromatic N) is 3. The molecule has 12 heteroatoms. The predicted octanol–water partition coefficient (Wildman–Crippen LogP) is 5.54. The average molecular weight is 711 g/mol. The Bertz CT molecular complexity index is 1480. The summed E-state index contributed by atoms with van der Waals surface area (Å²) in [6, 6.07) is 7.58. The molecule has 12 nitrogen and oxygen atoms in total. The molecule has 0 bridgehead atoms. The van der Waals surface area contributed by atoms with E-state index < -0.39 is 36.8 Å². The molecular formula is C39H58N4O8. The third-order valence-electron chi connectivity index (χ3n) is 10.1. The van der Waals surface area contributed by atoms with Crippen molar-refractivity contribution in [3.8, 4) is 11.3 Å². The number of aliphatic hydroxyl groups excluding tert-OH is 1. The van der Waals surface area contributed by atoms with Crippen LogP contribution in [-0.4, -0.2) is 89.5 Å². The summed E-state index contributed by atoms with van der Waals surface area (Å²) >= 11 is 0. The maximum Gasteiger partial charge on any atom is 0.306 e. The van der Waals surface area contributed by atoms with Crippen LogP contribution in [0.1, 0.15) is 73.1 Å². The number of cyclic esters (lactones) is 1. The number of benzene rings is 1. The fraction of sp³-hybridized carbons (Fsp3) is 0.641. The van der Waals surface area contributed by atoms with E-state index >= 15 is 0 Å². The lowest BCUT2D eigenvalue weighted by atomic mass is 9.83. The van der Waals surface area contributed by atoms with Gasteiger partial charge in [-0.1, -0.05) is 55.8 Å². The molecule has 2 aromatic rings. The van der Waals surface area contributed by atoms with Crippen molar-refractivity contribution in [3.63, 3.8) is 0 Å². The first-order valence-corrected chi connectivity index (χ1v) is 18.3. The molecule has 0 radical (unpaired) electrons. The Hall–Kier alpha value is -3.42. The first-order chi connectivity index (χ1) is 24.4. The maximum atomic E-state index is 13.4. The van der Waals surface area contributed by atoms with Crippen molar-refractivity contribution in [1.29, 1.82) is 0 Å². The van der Waals surface area contributed by atoms with Crippen molar-refractivity contribution in [2.45, 2.75) is 116 Å². The summed E-state index contributed by atoms with van der Waals surface area (Å²) in [5, 5.41) is 19.3. The van der Waals surface area contributed by atoms with Crippen LogP contribution >= 0.6 is 0 Å². The number of hydrogen-bond acceptors (Lipinski definition) is 11. The molecular weight excluding hydrogens is 652 g/mol. The molecule has 0 aliphatic carbocycles. The van der Waals surface area contributed by atoms with Gasteiger partial charge in [-0.25, -0.2) is 0 Å². The Kier molecular flexibility index (Phi) is 15.4. The van der Waals surface area contributed by atoms with Gasteiger partial charge < -0.3 is 34.5 Å². The zero-order chi connectivity index (χ0) is 37.1. The number of allylic oxidation sites excluding steroid dienone is 3. The third-order valence-corrected chi connectivity index (χ3v) is 10.1. The minimum Gasteiger partial charge on any atom is -0.462 e. The zero-order valence-electron chi connectivity index (χ0n) is 31.3. The average Bonchev–Trinajstić information content (AvgIpc) is 3.59. The molecule has 1 saturated heterocycles. The fourth-order valence-electron chi connectivity index (χ4n) is 7.13. The molecule has 51 heavy (non-hydrogen) atoms. The highest BCUT2D eigenvalue weighted by atomic mass is 16.7. The predicted molar refractivity (Wildman–Crippen MR) is 194 cm³/mol. The number of ketones is 1. The van der Waals surface area contributed by atoms with E-state index in [0.29, 0.717) is 31.5 Å². The Morgan fingerprint density at radius 1 is 1.08 bits per heavy atom. The van der Waals surface area contributed by atoms with Gasteiger partial charge >= 0.3 is 5.97 Å². The van der Waals surface area contributed by atoms with Crippen LogP contribution in [0, 0.1) is 23.7 Å². The quantitative estimate of drug-likeness (QED) is 0.236. The molecule has 1 aromatic carbocycles. The standard InChI is InChI=1S/C39H58N4O8/c1-8-34-30(23-49-39-38(48-7)37(47-6)36(46)27(5)50-39)19-25(3)12-14-33(44)26(4)20-28(18-24(2)13-15-35(45)51-34)16-17-43-22-32(41-42-43)29-10-9-11-31(40)21-29/h9-12,14,19,21-22,24,26-28,30,34,36-39,46H,8,13,15-18,20,23,40H2,1-7H3/b14-12+,25-19+/t24-,26+,27?,28+,30+,34+,36?,37?,38?,39?/m0/s1. The first kappa shape index (κ1) is 40.4. The second kappa shape index (κ2) is 19.4. The Labute approximate surface area is 302 Å². The largest absolute Gasteiger partial charge is 0.462 e. The van der Waals surface area contributed by atoms with Crippen LogP contribution in [0.3, 0.4) is 0 Å². The monoisotopic (exact) mass is 710 g/mol. The number of methoxy groups -OCH3 is 2. The summed E-state index contributed by atoms with van der Waals surface area (Å²) < 4.78 is 31.3. The van der Waals surface area contributed by atoms with E-state index in [2.05, 4.69) is 17.2 Å². The maximum absolute atomic E-state index is 13.4. The fourth-order valence-corrected chi connectivity index (χ4v) is 7.13. The van der Waals surface area contributed by atoms with Gasteiger partial charge in [-0.15, -0.1) is 5.10 Å². The highest BCUT2D eigenvalue weighted by molar-refractivity contribution is 5.91. The van der Waals surface area contributed by atoms with Gasteiger partial charge in [0.05, 0.1) is 18.9 Å². The minimum absolute atomic E-state index is 0.0696. The lowest BCUT2D eigenvalue weighted by Crippen LogP contribution is -2.59. The smallest absolute Gasteiger partial charge is 0.306 e. The molecule has 1 fully saturated rings. The molecule has 2 aliphatic rings. The van der Waals surface area contributed by atoms with Crippen molar-refractivity contribution >= 4 is 17.4 Å². The van der Waals surface area contributed by atoms with Gasteiger partial charge in [0.25, 0.3) is 0 Å². The van der Waals surface area contributed by atoms with Gasteiger partial charge in [-0.3, -0.25) is 14.3 Å². The summed E-state index contributed by atoms with van der Waals surface area (Å²) in [6.45, 7) is 10.6. The van der Waals surface area contributed by atoms with Crippen LogP contribution < -0.4 is 5.73 Å². The van der Waals surface area contributed by atoms with Crippen molar-refractivity contribution in [2.75, 3.05) is 26.6 Å². The molecule has 0 amide bonds. The van der Waals surface area contributed by atoms with Gasteiger partial charge in [0.15, 0.2) is 12.1 Å². The number of aliphatic hydroxyl groups is 1. The summed E-state index contributed by atoms with van der Waals surface area (Å²) in [5.41, 5.74) is 9.16. The van der Waals surface area contributed by atoms with E-state index in [1.54, 1.807) is 13.0 Å². The molecule has 2 aliphatic heterocycles. The van der Waals surface area contributed by atoms with E-state index in [9.17, 15) is 14.7 Å². The van der Waals surface area contributed by atoms with Crippen LogP contribution in [0.2, 0.25) is 0 Å². The lowest BCUT2D eigenvalue weighted by Gasteiger charge is -2.42. The number of carbonyl (C=O) groups excluding carboxylic acids is 2. The van der Waals surface area contributed by atoms with Crippen LogP contribution in [0.4, 0.5) is 5.69 Å². The molecule has 0 spiro atoms. The van der Waals surface area contributed by atoms with Gasteiger partial charge in [0.2, 0.25) is 0 Å². The third kappa shape index (κ3) is 11.5.